The van der Waals surface area contributed by atoms with Crippen LogP contribution in [-0.2, 0) is 23.7 Å². The summed E-state index contributed by atoms with van der Waals surface area (Å²) in [6, 6.07) is -0.935. The van der Waals surface area contributed by atoms with E-state index in [2.05, 4.69) is 67.8 Å². The average Bonchev–Trinajstić information content (AvgIpc) is 3.24. The lowest BCUT2D eigenvalue weighted by Crippen LogP contribution is -2.65. The molecule has 14 nitrogen and oxygen atoms in total. The Morgan fingerprint density at radius 3 is 1.25 bits per heavy atom. The Morgan fingerprint density at radius 1 is 0.429 bits per heavy atom. The highest BCUT2D eigenvalue weighted by molar-refractivity contribution is 5.76. The lowest BCUT2D eigenvalue weighted by Gasteiger charge is -2.46. The van der Waals surface area contributed by atoms with Crippen LogP contribution >= 0.6 is 0 Å². The van der Waals surface area contributed by atoms with E-state index in [0.29, 0.717) is 12.8 Å². The average molecular weight is 1190 g/mol. The summed E-state index contributed by atoms with van der Waals surface area (Å²) in [6.07, 6.45) is 55.5. The number of hydrogen-bond donors (Lipinski definition) is 9. The number of nitrogens with one attached hydrogen (secondary N) is 1. The fourth-order valence-corrected chi connectivity index (χ4v) is 11.1. The molecule has 9 N–H and O–H groups in total. The molecule has 490 valence electrons. The zero-order valence-electron chi connectivity index (χ0n) is 53.1. The van der Waals surface area contributed by atoms with Gasteiger partial charge in [-0.05, 0) is 70.6 Å². The van der Waals surface area contributed by atoms with Gasteiger partial charge in [0, 0.05) is 6.42 Å². The molecular weight excluding hydrogens is 1060 g/mol. The van der Waals surface area contributed by atoms with E-state index in [9.17, 15) is 45.6 Å². The summed E-state index contributed by atoms with van der Waals surface area (Å²) in [7, 11) is 0. The van der Waals surface area contributed by atoms with E-state index >= 15 is 0 Å². The summed E-state index contributed by atoms with van der Waals surface area (Å²) in [5.41, 5.74) is 0. The second-order valence-corrected chi connectivity index (χ2v) is 24.3. The molecule has 2 heterocycles. The lowest BCUT2D eigenvalue weighted by atomic mass is 9.97. The Bertz CT molecular complexity index is 1640. The van der Waals surface area contributed by atoms with E-state index in [1.807, 2.05) is 6.08 Å². The first-order chi connectivity index (χ1) is 41.1. The predicted molar refractivity (Wildman–Crippen MR) is 341 cm³/mol. The van der Waals surface area contributed by atoms with Crippen LogP contribution < -0.4 is 5.32 Å². The molecule has 84 heavy (non-hydrogen) atoms. The summed E-state index contributed by atoms with van der Waals surface area (Å²) in [5, 5.41) is 87.4. The minimum atomic E-state index is -1.79. The van der Waals surface area contributed by atoms with Crippen molar-refractivity contribution < 1.29 is 64.6 Å². The van der Waals surface area contributed by atoms with Crippen molar-refractivity contribution in [2.24, 2.45) is 0 Å². The van der Waals surface area contributed by atoms with E-state index in [1.54, 1.807) is 6.08 Å². The molecule has 2 saturated heterocycles. The Hall–Kier alpha value is -2.31. The smallest absolute Gasteiger partial charge is 0.220 e. The van der Waals surface area contributed by atoms with Crippen LogP contribution in [0.4, 0.5) is 0 Å². The predicted octanol–water partition coefficient (Wildman–Crippen LogP) is 13.7. The van der Waals surface area contributed by atoms with Gasteiger partial charge in [0.05, 0.1) is 32.0 Å². The van der Waals surface area contributed by atoms with Crippen molar-refractivity contribution in [3.8, 4) is 0 Å². The van der Waals surface area contributed by atoms with Gasteiger partial charge in [0.25, 0.3) is 0 Å². The highest BCUT2D eigenvalue weighted by atomic mass is 16.7. The molecule has 12 unspecified atom stereocenters. The lowest BCUT2D eigenvalue weighted by molar-refractivity contribution is -0.359. The normalized spacial score (nSPS) is 24.0. The summed E-state index contributed by atoms with van der Waals surface area (Å²) in [4.78, 5) is 13.3. The maximum absolute atomic E-state index is 13.3. The number of allylic oxidation sites excluding steroid dienone is 9. The van der Waals surface area contributed by atoms with Gasteiger partial charge in [0.2, 0.25) is 5.91 Å². The van der Waals surface area contributed by atoms with E-state index in [1.165, 1.54) is 205 Å². The van der Waals surface area contributed by atoms with Crippen LogP contribution in [0.1, 0.15) is 284 Å². The number of carbonyl (C=O) groups is 1. The molecule has 2 rings (SSSR count). The van der Waals surface area contributed by atoms with Crippen molar-refractivity contribution in [2.75, 3.05) is 19.8 Å². The Kier molecular flexibility index (Phi) is 50.8. The van der Waals surface area contributed by atoms with Gasteiger partial charge in [-0.15, -0.1) is 0 Å². The molecular formula is C70H127NO13. The molecule has 0 radical (unpaired) electrons. The number of carbonyl (C=O) groups excluding carboxylic acids is 1. The van der Waals surface area contributed by atoms with Gasteiger partial charge in [0.1, 0.15) is 48.8 Å². The van der Waals surface area contributed by atoms with Gasteiger partial charge < -0.3 is 65.1 Å². The second-order valence-electron chi connectivity index (χ2n) is 24.3. The van der Waals surface area contributed by atoms with Gasteiger partial charge >= 0.3 is 0 Å². The third-order valence-corrected chi connectivity index (χ3v) is 16.7. The number of unbranched alkanes of at least 4 members (excludes halogenated alkanes) is 35. The van der Waals surface area contributed by atoms with Crippen LogP contribution in [-0.4, -0.2) is 140 Å². The third-order valence-electron chi connectivity index (χ3n) is 16.7. The SMILES string of the molecule is CCCCCCC/C=C\C/C=C\C/C=C\CCCCCCCCCCCCCCCCC(=O)NC(COC1OC(CO)C(OC2OC(CO)C(O)C(O)C2O)C(O)C1O)C(O)/C=C/CC/C=C/CCCCCCCCCCCCCCCCC. The van der Waals surface area contributed by atoms with Crippen molar-refractivity contribution in [1.29, 1.82) is 0 Å². The molecule has 0 saturated carbocycles. The largest absolute Gasteiger partial charge is 0.394 e. The Labute approximate surface area is 511 Å². The minimum Gasteiger partial charge on any atom is -0.394 e. The van der Waals surface area contributed by atoms with Crippen LogP contribution in [0.25, 0.3) is 0 Å². The molecule has 1 amide bonds. The summed E-state index contributed by atoms with van der Waals surface area (Å²) in [6.45, 7) is 2.80. The summed E-state index contributed by atoms with van der Waals surface area (Å²) >= 11 is 0. The number of aliphatic hydroxyl groups is 8. The molecule has 0 aromatic carbocycles. The van der Waals surface area contributed by atoms with Crippen LogP contribution in [0, 0.1) is 0 Å². The zero-order valence-corrected chi connectivity index (χ0v) is 53.1. The van der Waals surface area contributed by atoms with Crippen molar-refractivity contribution in [3.63, 3.8) is 0 Å². The van der Waals surface area contributed by atoms with Crippen LogP contribution in [0.2, 0.25) is 0 Å². The third kappa shape index (κ3) is 38.9. The van der Waals surface area contributed by atoms with Crippen LogP contribution in [0.15, 0.2) is 60.8 Å². The molecule has 2 aliphatic rings. The maximum atomic E-state index is 13.3. The second kappa shape index (κ2) is 54.8. The van der Waals surface area contributed by atoms with Gasteiger partial charge in [-0.2, -0.15) is 0 Å². The zero-order chi connectivity index (χ0) is 60.9. The Morgan fingerprint density at radius 2 is 0.798 bits per heavy atom. The quantitative estimate of drug-likeness (QED) is 0.0204. The minimum absolute atomic E-state index is 0.248. The van der Waals surface area contributed by atoms with Gasteiger partial charge in [0.15, 0.2) is 12.6 Å². The molecule has 2 fully saturated rings. The van der Waals surface area contributed by atoms with Crippen molar-refractivity contribution in [3.05, 3.63) is 60.8 Å². The molecule has 2 aliphatic heterocycles. The van der Waals surface area contributed by atoms with Gasteiger partial charge in [-0.3, -0.25) is 4.79 Å². The topological polar surface area (TPSA) is 228 Å². The monoisotopic (exact) mass is 1190 g/mol. The fraction of sp³-hybridized carbons (Fsp3) is 0.843. The molecule has 12 atom stereocenters. The molecule has 0 aromatic heterocycles. The van der Waals surface area contributed by atoms with Gasteiger partial charge in [-0.1, -0.05) is 267 Å². The van der Waals surface area contributed by atoms with E-state index in [-0.39, 0.29) is 18.9 Å². The molecule has 0 bridgehead atoms. The highest BCUT2D eigenvalue weighted by Gasteiger charge is 2.51. The highest BCUT2D eigenvalue weighted by Crippen LogP contribution is 2.30. The standard InChI is InChI=1S/C70H127NO13/c1-3-5-7-9-11-13-15-17-19-21-23-25-26-27-28-29-30-31-32-34-36-38-40-42-44-46-48-50-52-54-62(75)71-58(59(74)53-51-49-47-45-43-41-39-37-35-33-24-22-20-18-16-14-12-10-8-6-4-2)57-81-69-67(80)65(78)68(61(56-73)83-69)84-70-66(79)64(77)63(76)60(55-72)82-70/h15,17,21,23,26-27,43,45,51,53,58-61,63-70,72-74,76-80H,3-14,16,18-20,22,24-25,28-42,44,46-50,52,54-57H2,1-2H3,(H,71,75)/b17-15-,23-21-,27-26-,45-43+,53-51+. The van der Waals surface area contributed by atoms with E-state index < -0.39 is 86.8 Å². The number of amides is 1. The first-order valence-electron chi connectivity index (χ1n) is 34.5. The van der Waals surface area contributed by atoms with Gasteiger partial charge in [-0.25, -0.2) is 0 Å². The van der Waals surface area contributed by atoms with E-state index in [0.717, 1.165) is 44.9 Å². The summed E-state index contributed by atoms with van der Waals surface area (Å²) in [5.74, 6) is -0.248. The number of rotatable bonds is 56. The van der Waals surface area contributed by atoms with Crippen LogP contribution in [0.5, 0.6) is 0 Å². The number of aliphatic hydroxyl groups excluding tert-OH is 8. The number of ether oxygens (including phenoxy) is 4. The molecule has 0 spiro atoms. The molecule has 14 heteroatoms. The summed E-state index contributed by atoms with van der Waals surface area (Å²) < 4.78 is 22.8. The van der Waals surface area contributed by atoms with Crippen molar-refractivity contribution in [1.82, 2.24) is 5.32 Å². The van der Waals surface area contributed by atoms with Crippen molar-refractivity contribution >= 4 is 5.91 Å². The Balaban J connectivity index is 1.70. The van der Waals surface area contributed by atoms with Crippen LogP contribution in [0.3, 0.4) is 0 Å². The van der Waals surface area contributed by atoms with E-state index in [4.69, 9.17) is 18.9 Å². The number of hydrogen-bond acceptors (Lipinski definition) is 13. The molecule has 0 aliphatic carbocycles. The molecule has 0 aromatic rings. The first-order valence-corrected chi connectivity index (χ1v) is 34.5. The maximum Gasteiger partial charge on any atom is 0.220 e. The van der Waals surface area contributed by atoms with Crippen molar-refractivity contribution in [2.45, 2.75) is 357 Å². The fourth-order valence-electron chi connectivity index (χ4n) is 11.1. The first kappa shape index (κ1) is 77.8.